The van der Waals surface area contributed by atoms with E-state index in [1.807, 2.05) is 72.8 Å². The zero-order chi connectivity index (χ0) is 43.0. The molecule has 0 amide bonds. The summed E-state index contributed by atoms with van der Waals surface area (Å²) in [6.45, 7) is 4.34. The van der Waals surface area contributed by atoms with Crippen LogP contribution in [0.4, 0.5) is 10.3 Å². The highest BCUT2D eigenvalue weighted by molar-refractivity contribution is 9.08. The van der Waals surface area contributed by atoms with Gasteiger partial charge in [-0.25, -0.2) is 26.8 Å². The van der Waals surface area contributed by atoms with E-state index in [1.165, 1.54) is 5.56 Å². The van der Waals surface area contributed by atoms with Crippen LogP contribution in [0.2, 0.25) is 5.02 Å². The first-order valence-electron chi connectivity index (χ1n) is 19.5. The number of sulfonamides is 2. The average Bonchev–Trinajstić information content (AvgIpc) is 3.98. The van der Waals surface area contributed by atoms with Crippen LogP contribution in [0.3, 0.4) is 0 Å². The van der Waals surface area contributed by atoms with Crippen molar-refractivity contribution in [3.63, 3.8) is 0 Å². The maximum atomic E-state index is 13.0. The molecule has 11 nitrogen and oxygen atoms in total. The van der Waals surface area contributed by atoms with Crippen LogP contribution in [-0.2, 0) is 43.5 Å². The highest BCUT2D eigenvalue weighted by atomic mass is 79.9. The van der Waals surface area contributed by atoms with Gasteiger partial charge in [-0.2, -0.15) is 8.61 Å². The minimum atomic E-state index is -3.47. The normalized spacial score (nSPS) is 15.3. The Hall–Kier alpha value is -3.39. The number of thiazole rings is 2. The Balaban J connectivity index is 0.000000184. The lowest BCUT2D eigenvalue weighted by molar-refractivity contribution is 0.384. The van der Waals surface area contributed by atoms with Crippen molar-refractivity contribution >= 4 is 96.4 Å². The molecule has 2 aliphatic rings. The number of anilines is 2. The molecule has 0 unspecified atom stereocenters. The van der Waals surface area contributed by atoms with E-state index in [9.17, 15) is 16.8 Å². The second kappa shape index (κ2) is 20.9. The summed E-state index contributed by atoms with van der Waals surface area (Å²) in [6.07, 6.45) is 1.52. The van der Waals surface area contributed by atoms with Gasteiger partial charge in [0, 0.05) is 91.6 Å². The molecule has 4 aromatic carbocycles. The second-order valence-corrected chi connectivity index (χ2v) is 21.5. The van der Waals surface area contributed by atoms with Crippen molar-refractivity contribution in [3.8, 4) is 5.75 Å². The lowest BCUT2D eigenvalue weighted by Crippen LogP contribution is -2.48. The number of alkyl halides is 2. The van der Waals surface area contributed by atoms with E-state index in [1.54, 1.807) is 62.7 Å². The van der Waals surface area contributed by atoms with Crippen molar-refractivity contribution in [2.75, 3.05) is 69.3 Å². The van der Waals surface area contributed by atoms with Crippen LogP contribution >= 0.6 is 66.1 Å². The fourth-order valence-corrected chi connectivity index (χ4v) is 12.3. The highest BCUT2D eigenvalue weighted by Crippen LogP contribution is 2.28. The molecule has 2 aromatic heterocycles. The Labute approximate surface area is 388 Å². The maximum absolute atomic E-state index is 13.0. The third-order valence-corrected chi connectivity index (χ3v) is 17.6. The monoisotopic (exact) mass is 1050 g/mol. The number of hydrogen-bond acceptors (Lipinski definition) is 11. The van der Waals surface area contributed by atoms with Crippen LogP contribution in [-0.4, -0.2) is 94.9 Å². The Kier molecular flexibility index (Phi) is 15.6. The molecular weight excluding hydrogens is 1000 g/mol. The molecule has 6 aromatic rings. The molecule has 2 fully saturated rings. The minimum Gasteiger partial charge on any atom is -0.497 e. The van der Waals surface area contributed by atoms with Gasteiger partial charge in [-0.15, -0.1) is 22.7 Å². The van der Waals surface area contributed by atoms with Gasteiger partial charge < -0.3 is 14.5 Å². The number of ether oxygens (including phenoxy) is 1. The summed E-state index contributed by atoms with van der Waals surface area (Å²) in [5.74, 6) is 0.842. The Morgan fingerprint density at radius 1 is 0.557 bits per heavy atom. The van der Waals surface area contributed by atoms with E-state index in [2.05, 4.69) is 52.4 Å². The summed E-state index contributed by atoms with van der Waals surface area (Å²) >= 11 is 15.9. The molecule has 8 rings (SSSR count). The summed E-state index contributed by atoms with van der Waals surface area (Å²) in [5, 5.41) is 8.18. The zero-order valence-electron chi connectivity index (χ0n) is 33.4. The molecule has 322 valence electrons. The molecule has 4 heterocycles. The summed E-state index contributed by atoms with van der Waals surface area (Å²) < 4.78 is 60.1. The Morgan fingerprint density at radius 3 is 1.28 bits per heavy atom. The van der Waals surface area contributed by atoms with E-state index in [0.717, 1.165) is 62.0 Å². The quantitative estimate of drug-likeness (QED) is 0.105. The number of rotatable bonds is 13. The van der Waals surface area contributed by atoms with Gasteiger partial charge in [0.05, 0.1) is 28.3 Å². The van der Waals surface area contributed by atoms with E-state index in [4.69, 9.17) is 26.3 Å². The predicted molar refractivity (Wildman–Crippen MR) is 254 cm³/mol. The van der Waals surface area contributed by atoms with Crippen molar-refractivity contribution in [3.05, 3.63) is 146 Å². The molecule has 0 bridgehead atoms. The molecule has 0 radical (unpaired) electrons. The van der Waals surface area contributed by atoms with Gasteiger partial charge in [0.15, 0.2) is 10.3 Å². The number of benzene rings is 4. The van der Waals surface area contributed by atoms with E-state index in [0.29, 0.717) is 72.8 Å². The zero-order valence-corrected chi connectivity index (χ0v) is 40.6. The number of hydrogen-bond donors (Lipinski definition) is 0. The third kappa shape index (κ3) is 11.6. The molecule has 2 aliphatic heterocycles. The second-order valence-electron chi connectivity index (χ2n) is 14.4. The van der Waals surface area contributed by atoms with Gasteiger partial charge in [0.2, 0.25) is 20.0 Å². The van der Waals surface area contributed by atoms with Crippen molar-refractivity contribution in [2.24, 2.45) is 0 Å². The third-order valence-electron chi connectivity index (χ3n) is 10.4. The van der Waals surface area contributed by atoms with E-state index >= 15 is 0 Å². The van der Waals surface area contributed by atoms with Crippen molar-refractivity contribution in [1.29, 1.82) is 0 Å². The van der Waals surface area contributed by atoms with Crippen LogP contribution in [0.5, 0.6) is 5.75 Å². The van der Waals surface area contributed by atoms with Crippen molar-refractivity contribution in [1.82, 2.24) is 18.6 Å². The molecule has 18 heteroatoms. The van der Waals surface area contributed by atoms with Crippen LogP contribution < -0.4 is 14.5 Å². The number of piperazine rings is 2. The fourth-order valence-electron chi connectivity index (χ4n) is 6.85. The number of nitrogens with zero attached hydrogens (tertiary/aromatic N) is 6. The SMILES string of the molecule is COc1ccc(Cc2csc(N3CCN(S(=O)(=O)c4ccc(CBr)cc4)CC3)n2)cc1.O=S(=O)(c1ccc(CBr)cc1)N1CCN(c2nc(Cc3ccc(Cl)cc3)cs2)CC1. The molecule has 2 saturated heterocycles. The van der Waals surface area contributed by atoms with Crippen LogP contribution in [0.15, 0.2) is 118 Å². The summed E-state index contributed by atoms with van der Waals surface area (Å²) in [4.78, 5) is 14.6. The van der Waals surface area contributed by atoms with Gasteiger partial charge in [0.1, 0.15) is 5.75 Å². The molecule has 0 spiro atoms. The van der Waals surface area contributed by atoms with Gasteiger partial charge in [-0.1, -0.05) is 92.0 Å². The van der Waals surface area contributed by atoms with Crippen molar-refractivity contribution in [2.45, 2.75) is 33.3 Å². The molecular formula is C43H45Br2ClN6O5S4. The number of halogens is 3. The lowest BCUT2D eigenvalue weighted by Gasteiger charge is -2.33. The highest BCUT2D eigenvalue weighted by Gasteiger charge is 2.31. The Morgan fingerprint density at radius 2 is 0.918 bits per heavy atom. The first-order valence-corrected chi connectivity index (χ1v) is 26.8. The molecule has 0 N–H and O–H groups in total. The van der Waals surface area contributed by atoms with Crippen LogP contribution in [0.1, 0.15) is 33.6 Å². The molecule has 0 aliphatic carbocycles. The first kappa shape index (κ1) is 45.6. The maximum Gasteiger partial charge on any atom is 0.243 e. The van der Waals surface area contributed by atoms with Gasteiger partial charge in [-0.05, 0) is 70.8 Å². The molecule has 0 atom stereocenters. The lowest BCUT2D eigenvalue weighted by atomic mass is 10.1. The largest absolute Gasteiger partial charge is 0.497 e. The summed E-state index contributed by atoms with van der Waals surface area (Å²) in [6, 6.07) is 29.9. The topological polar surface area (TPSA) is 116 Å². The smallest absolute Gasteiger partial charge is 0.243 e. The van der Waals surface area contributed by atoms with E-state index in [-0.39, 0.29) is 0 Å². The van der Waals surface area contributed by atoms with Gasteiger partial charge in [0.25, 0.3) is 0 Å². The van der Waals surface area contributed by atoms with E-state index < -0.39 is 20.0 Å². The van der Waals surface area contributed by atoms with Crippen LogP contribution in [0, 0.1) is 0 Å². The average molecular weight is 1050 g/mol. The first-order chi connectivity index (χ1) is 29.4. The minimum absolute atomic E-state index is 0.347. The standard InChI is InChI=1S/C22H24BrN3O3S2.C21H21BrClN3O2S2/c1-29-20-6-2-17(3-7-20)14-19-16-30-22(24-19)25-10-12-26(13-11-25)31(27,28)21-8-4-18(15-23)5-9-21;22-14-17-3-7-20(8-4-17)30(27,28)26-11-9-25(10-12-26)21-24-19(15-29-21)13-16-1-5-18(23)6-2-16/h2-9,16H,10-15H2,1H3;1-8,15H,9-14H2. The molecule has 0 saturated carbocycles. The van der Waals surface area contributed by atoms with Crippen LogP contribution in [0.25, 0.3) is 0 Å². The van der Waals surface area contributed by atoms with Gasteiger partial charge in [-0.3, -0.25) is 0 Å². The molecule has 61 heavy (non-hydrogen) atoms. The number of methoxy groups -OCH3 is 1. The number of aromatic nitrogens is 2. The van der Waals surface area contributed by atoms with Crippen molar-refractivity contribution < 1.29 is 21.6 Å². The van der Waals surface area contributed by atoms with Gasteiger partial charge >= 0.3 is 0 Å². The Bertz CT molecular complexity index is 2560. The predicted octanol–water partition coefficient (Wildman–Crippen LogP) is 8.94. The fraction of sp³-hybridized carbons (Fsp3) is 0.302. The summed E-state index contributed by atoms with van der Waals surface area (Å²) in [7, 11) is -5.28. The summed E-state index contributed by atoms with van der Waals surface area (Å²) in [5.41, 5.74) is 6.49.